The Balaban J connectivity index is 2.74. The first-order chi connectivity index (χ1) is 7.91. The number of carbonyl (C=O) groups is 2. The van der Waals surface area contributed by atoms with Crippen molar-refractivity contribution in [1.29, 1.82) is 0 Å². The summed E-state index contributed by atoms with van der Waals surface area (Å²) in [5.41, 5.74) is 7.79. The monoisotopic (exact) mass is 235 g/mol. The van der Waals surface area contributed by atoms with Crippen molar-refractivity contribution in [2.24, 2.45) is 5.73 Å². The molecule has 0 radical (unpaired) electrons. The van der Waals surface area contributed by atoms with Gasteiger partial charge in [-0.3, -0.25) is 4.79 Å². The number of urea groups is 1. The summed E-state index contributed by atoms with van der Waals surface area (Å²) in [5.74, 6) is -0.294. The number of amides is 3. The van der Waals surface area contributed by atoms with Crippen molar-refractivity contribution in [2.45, 2.75) is 26.8 Å². The molecule has 1 aromatic rings. The van der Waals surface area contributed by atoms with E-state index in [0.29, 0.717) is 0 Å². The summed E-state index contributed by atoms with van der Waals surface area (Å²) in [4.78, 5) is 22.3. The van der Waals surface area contributed by atoms with Gasteiger partial charge in [0.15, 0.2) is 0 Å². The molecular formula is C12H17N3O2. The third kappa shape index (κ3) is 3.48. The van der Waals surface area contributed by atoms with E-state index in [4.69, 9.17) is 5.73 Å². The molecule has 0 saturated heterocycles. The summed E-state index contributed by atoms with van der Waals surface area (Å²) in [6.07, 6.45) is 0. The van der Waals surface area contributed by atoms with Gasteiger partial charge in [-0.25, -0.2) is 4.79 Å². The zero-order valence-electron chi connectivity index (χ0n) is 10.2. The smallest absolute Gasteiger partial charge is 0.312 e. The fraction of sp³-hybridized carbons (Fsp3) is 0.333. The first-order valence-electron chi connectivity index (χ1n) is 5.35. The van der Waals surface area contributed by atoms with Crippen molar-refractivity contribution < 1.29 is 9.59 Å². The van der Waals surface area contributed by atoms with Crippen LogP contribution in [0.25, 0.3) is 0 Å². The van der Waals surface area contributed by atoms with E-state index >= 15 is 0 Å². The molecular weight excluding hydrogens is 218 g/mol. The number of carbonyl (C=O) groups excluding carboxylic acids is 2. The highest BCUT2D eigenvalue weighted by atomic mass is 16.2. The summed E-state index contributed by atoms with van der Waals surface area (Å²) in [6, 6.07) is 4.28. The summed E-state index contributed by atoms with van der Waals surface area (Å²) < 4.78 is 0. The van der Waals surface area contributed by atoms with Gasteiger partial charge >= 0.3 is 6.03 Å². The Bertz CT molecular complexity index is 443. The molecule has 5 heteroatoms. The van der Waals surface area contributed by atoms with E-state index in [9.17, 15) is 9.59 Å². The van der Waals surface area contributed by atoms with Crippen LogP contribution in [-0.2, 0) is 4.79 Å². The van der Waals surface area contributed by atoms with Gasteiger partial charge in [-0.1, -0.05) is 12.1 Å². The van der Waals surface area contributed by atoms with Crippen LogP contribution in [0, 0.1) is 13.8 Å². The zero-order chi connectivity index (χ0) is 13.0. The molecule has 0 saturated carbocycles. The van der Waals surface area contributed by atoms with Gasteiger partial charge in [0.25, 0.3) is 0 Å². The highest BCUT2D eigenvalue weighted by Gasteiger charge is 2.14. The minimum absolute atomic E-state index is 0.294. The molecule has 0 bridgehead atoms. The van der Waals surface area contributed by atoms with Gasteiger partial charge in [0.2, 0.25) is 5.91 Å². The fourth-order valence-corrected chi connectivity index (χ4v) is 1.41. The number of nitrogens with one attached hydrogen (secondary N) is 2. The van der Waals surface area contributed by atoms with Crippen LogP contribution in [0.1, 0.15) is 18.1 Å². The molecule has 0 aliphatic heterocycles. The van der Waals surface area contributed by atoms with Crippen LogP contribution in [0.3, 0.4) is 0 Å². The van der Waals surface area contributed by atoms with Gasteiger partial charge in [-0.05, 0) is 38.0 Å². The number of benzene rings is 1. The van der Waals surface area contributed by atoms with E-state index in [1.54, 1.807) is 6.92 Å². The second-order valence-electron chi connectivity index (χ2n) is 3.97. The first kappa shape index (κ1) is 13.0. The number of nitrogens with two attached hydrogens (primary N) is 1. The van der Waals surface area contributed by atoms with Crippen LogP contribution < -0.4 is 16.4 Å². The molecule has 0 heterocycles. The lowest BCUT2D eigenvalue weighted by molar-refractivity contribution is -0.117. The summed E-state index contributed by atoms with van der Waals surface area (Å²) in [7, 11) is 0. The minimum Gasteiger partial charge on any atom is -0.352 e. The molecule has 0 fully saturated rings. The number of aryl methyl sites for hydroxylation is 1. The van der Waals surface area contributed by atoms with Crippen LogP contribution in [0.5, 0.6) is 0 Å². The Kier molecular flexibility index (Phi) is 4.09. The SMILES string of the molecule is Cc1cccc(NC(=O)C(C)NC(N)=O)c1C. The molecule has 5 nitrogen and oxygen atoms in total. The second kappa shape index (κ2) is 5.34. The van der Waals surface area contributed by atoms with Crippen molar-refractivity contribution in [3.8, 4) is 0 Å². The van der Waals surface area contributed by atoms with Gasteiger partial charge in [0, 0.05) is 5.69 Å². The Morgan fingerprint density at radius 2 is 1.94 bits per heavy atom. The average molecular weight is 235 g/mol. The van der Waals surface area contributed by atoms with Crippen molar-refractivity contribution in [1.82, 2.24) is 5.32 Å². The van der Waals surface area contributed by atoms with Gasteiger partial charge in [0.05, 0.1) is 0 Å². The van der Waals surface area contributed by atoms with Crippen molar-refractivity contribution in [2.75, 3.05) is 5.32 Å². The van der Waals surface area contributed by atoms with Crippen molar-refractivity contribution in [3.05, 3.63) is 29.3 Å². The quantitative estimate of drug-likeness (QED) is 0.737. The maximum atomic E-state index is 11.7. The maximum Gasteiger partial charge on any atom is 0.312 e. The lowest BCUT2D eigenvalue weighted by Gasteiger charge is -2.14. The number of hydrogen-bond acceptors (Lipinski definition) is 2. The van der Waals surface area contributed by atoms with Crippen LogP contribution in [-0.4, -0.2) is 18.0 Å². The third-order valence-electron chi connectivity index (χ3n) is 2.61. The van der Waals surface area contributed by atoms with Gasteiger partial charge in [-0.2, -0.15) is 0 Å². The summed E-state index contributed by atoms with van der Waals surface area (Å²) in [5, 5.41) is 5.07. The van der Waals surface area contributed by atoms with E-state index in [0.717, 1.165) is 16.8 Å². The summed E-state index contributed by atoms with van der Waals surface area (Å²) >= 11 is 0. The lowest BCUT2D eigenvalue weighted by atomic mass is 10.1. The van der Waals surface area contributed by atoms with Crippen LogP contribution >= 0.6 is 0 Å². The van der Waals surface area contributed by atoms with E-state index < -0.39 is 12.1 Å². The summed E-state index contributed by atoms with van der Waals surface area (Å²) in [6.45, 7) is 5.47. The molecule has 92 valence electrons. The van der Waals surface area contributed by atoms with Gasteiger partial charge < -0.3 is 16.4 Å². The second-order valence-corrected chi connectivity index (χ2v) is 3.97. The largest absolute Gasteiger partial charge is 0.352 e. The third-order valence-corrected chi connectivity index (χ3v) is 2.61. The standard InChI is InChI=1S/C12H17N3O2/c1-7-5-4-6-10(8(7)2)15-11(16)9(3)14-12(13)17/h4-6,9H,1-3H3,(H,15,16)(H3,13,14,17). The molecule has 4 N–H and O–H groups in total. The first-order valence-corrected chi connectivity index (χ1v) is 5.35. The van der Waals surface area contributed by atoms with Gasteiger partial charge in [-0.15, -0.1) is 0 Å². The molecule has 0 spiro atoms. The highest BCUT2D eigenvalue weighted by molar-refractivity contribution is 5.97. The Morgan fingerprint density at radius 3 is 2.53 bits per heavy atom. The number of primary amides is 1. The molecule has 0 aromatic heterocycles. The molecule has 0 aliphatic carbocycles. The predicted molar refractivity (Wildman–Crippen MR) is 66.7 cm³/mol. The Labute approximate surface area is 100 Å². The number of rotatable bonds is 3. The van der Waals surface area contributed by atoms with E-state index in [1.165, 1.54) is 0 Å². The minimum atomic E-state index is -0.714. The van der Waals surface area contributed by atoms with Crippen LogP contribution in [0.2, 0.25) is 0 Å². The Hall–Kier alpha value is -2.04. The average Bonchev–Trinajstić information content (AvgIpc) is 2.23. The van der Waals surface area contributed by atoms with Crippen molar-refractivity contribution >= 4 is 17.6 Å². The van der Waals surface area contributed by atoms with E-state index in [1.807, 2.05) is 32.0 Å². The molecule has 1 rings (SSSR count). The van der Waals surface area contributed by atoms with Crippen molar-refractivity contribution in [3.63, 3.8) is 0 Å². The molecule has 17 heavy (non-hydrogen) atoms. The molecule has 1 unspecified atom stereocenters. The van der Waals surface area contributed by atoms with Crippen LogP contribution in [0.15, 0.2) is 18.2 Å². The zero-order valence-corrected chi connectivity index (χ0v) is 10.2. The molecule has 0 aliphatic rings. The molecule has 1 aromatic carbocycles. The normalized spacial score (nSPS) is 11.7. The topological polar surface area (TPSA) is 84.2 Å². The lowest BCUT2D eigenvalue weighted by Crippen LogP contribution is -2.44. The van der Waals surface area contributed by atoms with E-state index in [2.05, 4.69) is 10.6 Å². The van der Waals surface area contributed by atoms with Gasteiger partial charge in [0.1, 0.15) is 6.04 Å². The molecule has 3 amide bonds. The number of anilines is 1. The number of hydrogen-bond donors (Lipinski definition) is 3. The van der Waals surface area contributed by atoms with E-state index in [-0.39, 0.29) is 5.91 Å². The molecule has 1 atom stereocenters. The predicted octanol–water partition coefficient (Wildman–Crippen LogP) is 1.30. The van der Waals surface area contributed by atoms with Crippen LogP contribution in [0.4, 0.5) is 10.5 Å². The highest BCUT2D eigenvalue weighted by Crippen LogP contribution is 2.17. The maximum absolute atomic E-state index is 11.7. The fourth-order valence-electron chi connectivity index (χ4n) is 1.41. The Morgan fingerprint density at radius 1 is 1.29 bits per heavy atom.